The summed E-state index contributed by atoms with van der Waals surface area (Å²) in [4.78, 5) is 36.2. The summed E-state index contributed by atoms with van der Waals surface area (Å²) < 4.78 is 14.4. The number of nitrogens with zero attached hydrogens (tertiary/aromatic N) is 1. The summed E-state index contributed by atoms with van der Waals surface area (Å²) in [7, 11) is 0. The van der Waals surface area contributed by atoms with Crippen molar-refractivity contribution < 1.29 is 19.1 Å². The minimum Gasteiger partial charge on any atom is -0.481 e. The molecule has 1 heterocycles. The number of unbranched alkanes of at least 4 members (excludes halogenated alkanes) is 4. The molecule has 8 heteroatoms. The largest absolute Gasteiger partial charge is 0.481 e. The number of rotatable bonds is 13. The molecule has 0 aliphatic carbocycles. The Bertz CT molecular complexity index is 1290. The van der Waals surface area contributed by atoms with Crippen molar-refractivity contribution in [3.63, 3.8) is 0 Å². The number of hydrogen-bond acceptors (Lipinski definition) is 4. The second-order valence-electron chi connectivity index (χ2n) is 8.88. The van der Waals surface area contributed by atoms with Crippen LogP contribution in [-0.2, 0) is 16.0 Å². The molecule has 1 aromatic heterocycles. The quantitative estimate of drug-likeness (QED) is 0.212. The van der Waals surface area contributed by atoms with E-state index in [1.54, 1.807) is 30.3 Å². The first-order chi connectivity index (χ1) is 17.4. The third-order valence-corrected chi connectivity index (χ3v) is 6.04. The molecule has 1 unspecified atom stereocenters. The molecule has 3 rings (SSSR count). The maximum atomic E-state index is 14.4. The van der Waals surface area contributed by atoms with Crippen molar-refractivity contribution in [1.82, 2.24) is 10.2 Å². The van der Waals surface area contributed by atoms with Gasteiger partial charge in [-0.15, -0.1) is 0 Å². The number of nitrogens with one attached hydrogen (secondary N) is 2. The van der Waals surface area contributed by atoms with Gasteiger partial charge in [0.1, 0.15) is 5.82 Å². The zero-order valence-corrected chi connectivity index (χ0v) is 20.4. The van der Waals surface area contributed by atoms with Crippen molar-refractivity contribution in [3.8, 4) is 0 Å². The number of benzene rings is 2. The van der Waals surface area contributed by atoms with E-state index in [2.05, 4.69) is 22.4 Å². The Labute approximate surface area is 209 Å². The standard InChI is InChI=1S/C28H32FN3O4/c1-2-3-4-5-6-7-8-11-20(28(35)36)18-26(33)30-25-17-19(14-15-23(25)29)16-24-21-12-9-10-13-22(21)27(34)32-31-24/h7-10,12-15,17,20H,2-6,11,16,18H2,1H3,(H,30,33)(H,32,34)(H,35,36)/b8-7+. The molecule has 0 spiro atoms. The Morgan fingerprint density at radius 1 is 1.11 bits per heavy atom. The molecule has 0 saturated carbocycles. The normalized spacial score (nSPS) is 12.2. The van der Waals surface area contributed by atoms with Crippen LogP contribution in [0.25, 0.3) is 10.8 Å². The van der Waals surface area contributed by atoms with E-state index in [-0.39, 0.29) is 24.1 Å². The molecule has 2 aromatic carbocycles. The van der Waals surface area contributed by atoms with Crippen molar-refractivity contribution in [3.05, 3.63) is 82.0 Å². The van der Waals surface area contributed by atoms with Gasteiger partial charge in [0.05, 0.1) is 22.7 Å². The maximum absolute atomic E-state index is 14.4. The molecular formula is C28H32FN3O4. The highest BCUT2D eigenvalue weighted by Gasteiger charge is 2.21. The van der Waals surface area contributed by atoms with Gasteiger partial charge >= 0.3 is 5.97 Å². The van der Waals surface area contributed by atoms with Gasteiger partial charge < -0.3 is 10.4 Å². The molecule has 3 aromatic rings. The molecule has 1 amide bonds. The highest BCUT2D eigenvalue weighted by Crippen LogP contribution is 2.22. The van der Waals surface area contributed by atoms with Crippen molar-refractivity contribution in [1.29, 1.82) is 0 Å². The smallest absolute Gasteiger partial charge is 0.307 e. The number of carboxylic acid groups (broad SMARTS) is 1. The molecule has 0 saturated heterocycles. The number of aliphatic carboxylic acids is 1. The fraction of sp³-hybridized carbons (Fsp3) is 0.357. The monoisotopic (exact) mass is 493 g/mol. The molecule has 0 aliphatic rings. The SMILES string of the molecule is CCCCCC/C=C/CC(CC(=O)Nc1cc(Cc2n[nH]c(=O)c3ccccc23)ccc1F)C(=O)O. The molecular weight excluding hydrogens is 461 g/mol. The van der Waals surface area contributed by atoms with E-state index in [9.17, 15) is 23.9 Å². The number of carboxylic acids is 1. The van der Waals surface area contributed by atoms with E-state index in [1.807, 2.05) is 12.1 Å². The lowest BCUT2D eigenvalue weighted by atomic mass is 10.00. The van der Waals surface area contributed by atoms with E-state index in [0.29, 0.717) is 28.5 Å². The predicted molar refractivity (Wildman–Crippen MR) is 138 cm³/mol. The Hall–Kier alpha value is -3.81. The number of aromatic amines is 1. The fourth-order valence-electron chi connectivity index (χ4n) is 4.04. The van der Waals surface area contributed by atoms with E-state index < -0.39 is 23.6 Å². The minimum atomic E-state index is -1.06. The van der Waals surface area contributed by atoms with Crippen LogP contribution in [0.2, 0.25) is 0 Å². The van der Waals surface area contributed by atoms with Gasteiger partial charge in [-0.3, -0.25) is 14.4 Å². The van der Waals surface area contributed by atoms with Crippen LogP contribution in [-0.4, -0.2) is 27.2 Å². The van der Waals surface area contributed by atoms with Gasteiger partial charge in [0.2, 0.25) is 5.91 Å². The Morgan fingerprint density at radius 2 is 1.89 bits per heavy atom. The van der Waals surface area contributed by atoms with Gasteiger partial charge in [-0.2, -0.15) is 5.10 Å². The minimum absolute atomic E-state index is 0.0261. The van der Waals surface area contributed by atoms with Crippen LogP contribution in [0, 0.1) is 11.7 Å². The third-order valence-electron chi connectivity index (χ3n) is 6.04. The fourth-order valence-corrected chi connectivity index (χ4v) is 4.04. The van der Waals surface area contributed by atoms with Crippen LogP contribution < -0.4 is 10.9 Å². The summed E-state index contributed by atoms with van der Waals surface area (Å²) in [5.41, 5.74) is 0.973. The number of H-pyrrole nitrogens is 1. The van der Waals surface area contributed by atoms with Crippen molar-refractivity contribution >= 4 is 28.3 Å². The molecule has 0 fully saturated rings. The van der Waals surface area contributed by atoms with Crippen LogP contribution in [0.4, 0.5) is 10.1 Å². The number of anilines is 1. The lowest BCUT2D eigenvalue weighted by Crippen LogP contribution is -2.22. The maximum Gasteiger partial charge on any atom is 0.307 e. The lowest BCUT2D eigenvalue weighted by molar-refractivity contribution is -0.143. The first-order valence-electron chi connectivity index (χ1n) is 12.3. The summed E-state index contributed by atoms with van der Waals surface area (Å²) in [6.07, 6.45) is 9.48. The summed E-state index contributed by atoms with van der Waals surface area (Å²) in [6, 6.07) is 11.4. The van der Waals surface area contributed by atoms with E-state index in [1.165, 1.54) is 18.6 Å². The zero-order chi connectivity index (χ0) is 25.9. The second-order valence-corrected chi connectivity index (χ2v) is 8.88. The Balaban J connectivity index is 1.64. The predicted octanol–water partition coefficient (Wildman–Crippen LogP) is 5.60. The van der Waals surface area contributed by atoms with Crippen LogP contribution >= 0.6 is 0 Å². The van der Waals surface area contributed by atoms with E-state index in [4.69, 9.17) is 0 Å². The third kappa shape index (κ3) is 7.60. The van der Waals surface area contributed by atoms with Crippen molar-refractivity contribution in [2.45, 2.75) is 58.3 Å². The summed E-state index contributed by atoms with van der Waals surface area (Å²) >= 11 is 0. The van der Waals surface area contributed by atoms with Gasteiger partial charge in [-0.25, -0.2) is 9.49 Å². The first kappa shape index (κ1) is 26.8. The molecule has 3 N–H and O–H groups in total. The van der Waals surface area contributed by atoms with Gasteiger partial charge in [0.15, 0.2) is 0 Å². The van der Waals surface area contributed by atoms with Crippen LogP contribution in [0.3, 0.4) is 0 Å². The van der Waals surface area contributed by atoms with Gasteiger partial charge in [-0.1, -0.05) is 62.6 Å². The number of hydrogen-bond donors (Lipinski definition) is 3. The van der Waals surface area contributed by atoms with Crippen molar-refractivity contribution in [2.24, 2.45) is 5.92 Å². The number of carbonyl (C=O) groups is 2. The van der Waals surface area contributed by atoms with E-state index in [0.717, 1.165) is 25.7 Å². The Kier molecular flexibility index (Phi) is 9.92. The topological polar surface area (TPSA) is 112 Å². The number of allylic oxidation sites excluding steroid dienone is 2. The molecule has 190 valence electrons. The molecule has 0 bridgehead atoms. The average Bonchev–Trinajstić information content (AvgIpc) is 2.86. The van der Waals surface area contributed by atoms with E-state index >= 15 is 0 Å². The van der Waals surface area contributed by atoms with Crippen LogP contribution in [0.1, 0.15) is 63.1 Å². The summed E-state index contributed by atoms with van der Waals surface area (Å²) in [6.45, 7) is 2.14. The molecule has 0 radical (unpaired) electrons. The van der Waals surface area contributed by atoms with Crippen molar-refractivity contribution in [2.75, 3.05) is 5.32 Å². The van der Waals surface area contributed by atoms with Gasteiger partial charge in [-0.05, 0) is 43.0 Å². The highest BCUT2D eigenvalue weighted by molar-refractivity contribution is 5.93. The number of amides is 1. The highest BCUT2D eigenvalue weighted by atomic mass is 19.1. The van der Waals surface area contributed by atoms with Gasteiger partial charge in [0, 0.05) is 18.2 Å². The van der Waals surface area contributed by atoms with Crippen LogP contribution in [0.15, 0.2) is 59.4 Å². The summed E-state index contributed by atoms with van der Waals surface area (Å²) in [5.74, 6) is -3.14. The summed E-state index contributed by atoms with van der Waals surface area (Å²) in [5, 5.41) is 19.8. The molecule has 0 aliphatic heterocycles. The number of halogens is 1. The zero-order valence-electron chi connectivity index (χ0n) is 20.4. The number of fused-ring (bicyclic) bond motifs is 1. The second kappa shape index (κ2) is 13.3. The van der Waals surface area contributed by atoms with Crippen LogP contribution in [0.5, 0.6) is 0 Å². The molecule has 36 heavy (non-hydrogen) atoms. The average molecular weight is 494 g/mol. The number of carbonyl (C=O) groups excluding carboxylic acids is 1. The molecule has 7 nitrogen and oxygen atoms in total. The first-order valence-corrected chi connectivity index (χ1v) is 12.3. The molecule has 1 atom stereocenters. The Morgan fingerprint density at radius 3 is 2.64 bits per heavy atom. The lowest BCUT2D eigenvalue weighted by Gasteiger charge is -2.12. The number of aromatic nitrogens is 2. The van der Waals surface area contributed by atoms with Gasteiger partial charge in [0.25, 0.3) is 5.56 Å².